The van der Waals surface area contributed by atoms with E-state index in [9.17, 15) is 4.39 Å². The molecule has 16 heavy (non-hydrogen) atoms. The molecule has 2 rings (SSSR count). The van der Waals surface area contributed by atoms with Crippen molar-refractivity contribution in [3.8, 4) is 16.3 Å². The Morgan fingerprint density at radius 1 is 1.38 bits per heavy atom. The number of methoxy groups -OCH3 is 1. The smallest absolute Gasteiger partial charge is 0.205 e. The number of halogens is 1. The Labute approximate surface area is 96.1 Å². The quantitative estimate of drug-likeness (QED) is 0.893. The van der Waals surface area contributed by atoms with Crippen LogP contribution in [-0.4, -0.2) is 24.4 Å². The second kappa shape index (κ2) is 4.44. The summed E-state index contributed by atoms with van der Waals surface area (Å²) in [6.45, 7) is 0. The van der Waals surface area contributed by atoms with Crippen LogP contribution in [0.3, 0.4) is 0 Å². The van der Waals surface area contributed by atoms with Crippen LogP contribution in [0.25, 0.3) is 10.6 Å². The molecule has 0 aliphatic rings. The van der Waals surface area contributed by atoms with Gasteiger partial charge in [0.25, 0.3) is 0 Å². The standard InChI is InChI=1S/C10H10FN3OS/c1-12-10-14-13-9(16-10)7-4-3-6(15-2)5-8(7)11/h3-5H,1-2H3,(H,12,14). The van der Waals surface area contributed by atoms with Crippen LogP contribution in [0.1, 0.15) is 0 Å². The highest BCUT2D eigenvalue weighted by molar-refractivity contribution is 7.18. The van der Waals surface area contributed by atoms with Crippen molar-refractivity contribution in [2.75, 3.05) is 19.5 Å². The van der Waals surface area contributed by atoms with E-state index in [1.165, 1.54) is 24.5 Å². The molecule has 0 saturated carbocycles. The van der Waals surface area contributed by atoms with Gasteiger partial charge in [0.05, 0.1) is 7.11 Å². The van der Waals surface area contributed by atoms with Gasteiger partial charge >= 0.3 is 0 Å². The summed E-state index contributed by atoms with van der Waals surface area (Å²) < 4.78 is 18.6. The Bertz CT molecular complexity index is 501. The van der Waals surface area contributed by atoms with Crippen LogP contribution in [0, 0.1) is 5.82 Å². The first-order chi connectivity index (χ1) is 7.74. The van der Waals surface area contributed by atoms with Gasteiger partial charge in [-0.05, 0) is 12.1 Å². The van der Waals surface area contributed by atoms with Crippen molar-refractivity contribution in [3.05, 3.63) is 24.0 Å². The molecular formula is C10H10FN3OS. The van der Waals surface area contributed by atoms with Crippen LogP contribution in [-0.2, 0) is 0 Å². The maximum absolute atomic E-state index is 13.7. The molecule has 0 aliphatic heterocycles. The topological polar surface area (TPSA) is 47.0 Å². The van der Waals surface area contributed by atoms with Gasteiger partial charge in [-0.2, -0.15) is 0 Å². The van der Waals surface area contributed by atoms with Crippen molar-refractivity contribution in [2.45, 2.75) is 0 Å². The third-order valence-electron chi connectivity index (χ3n) is 2.05. The number of benzene rings is 1. The fraction of sp³-hybridized carbons (Fsp3) is 0.200. The Balaban J connectivity index is 2.40. The summed E-state index contributed by atoms with van der Waals surface area (Å²) in [5, 5.41) is 11.8. The number of ether oxygens (including phenoxy) is 1. The molecule has 0 unspecified atom stereocenters. The monoisotopic (exact) mass is 239 g/mol. The number of hydrogen-bond acceptors (Lipinski definition) is 5. The average molecular weight is 239 g/mol. The number of aromatic nitrogens is 2. The first-order valence-corrected chi connectivity index (χ1v) is 5.41. The minimum atomic E-state index is -0.363. The Morgan fingerprint density at radius 2 is 2.19 bits per heavy atom. The van der Waals surface area contributed by atoms with Gasteiger partial charge in [-0.15, -0.1) is 10.2 Å². The lowest BCUT2D eigenvalue weighted by Crippen LogP contribution is -1.87. The number of nitrogens with one attached hydrogen (secondary N) is 1. The molecule has 0 radical (unpaired) electrons. The fourth-order valence-corrected chi connectivity index (χ4v) is 1.95. The third kappa shape index (κ3) is 1.96. The van der Waals surface area contributed by atoms with E-state index < -0.39 is 0 Å². The zero-order chi connectivity index (χ0) is 11.5. The van der Waals surface area contributed by atoms with Crippen molar-refractivity contribution in [1.29, 1.82) is 0 Å². The Morgan fingerprint density at radius 3 is 2.75 bits per heavy atom. The zero-order valence-corrected chi connectivity index (χ0v) is 9.64. The van der Waals surface area contributed by atoms with Gasteiger partial charge in [-0.25, -0.2) is 4.39 Å². The van der Waals surface area contributed by atoms with E-state index in [4.69, 9.17) is 4.74 Å². The molecule has 0 atom stereocenters. The summed E-state index contributed by atoms with van der Waals surface area (Å²) in [5.74, 6) is 0.123. The van der Waals surface area contributed by atoms with Gasteiger partial charge in [0.1, 0.15) is 11.6 Å². The maximum atomic E-state index is 13.7. The van der Waals surface area contributed by atoms with Crippen molar-refractivity contribution in [1.82, 2.24) is 10.2 Å². The first-order valence-electron chi connectivity index (χ1n) is 4.59. The lowest BCUT2D eigenvalue weighted by Gasteiger charge is -2.01. The highest BCUT2D eigenvalue weighted by Crippen LogP contribution is 2.30. The normalized spacial score (nSPS) is 10.2. The molecule has 0 fully saturated rings. The van der Waals surface area contributed by atoms with Crippen LogP contribution >= 0.6 is 11.3 Å². The van der Waals surface area contributed by atoms with Crippen LogP contribution in [0.2, 0.25) is 0 Å². The molecule has 1 heterocycles. The molecule has 0 spiro atoms. The molecule has 0 aliphatic carbocycles. The van der Waals surface area contributed by atoms with Gasteiger partial charge < -0.3 is 10.1 Å². The Kier molecular flexibility index (Phi) is 3.00. The van der Waals surface area contributed by atoms with Gasteiger partial charge in [-0.3, -0.25) is 0 Å². The summed E-state index contributed by atoms with van der Waals surface area (Å²) >= 11 is 1.30. The molecule has 4 nitrogen and oxygen atoms in total. The molecule has 84 valence electrons. The van der Waals surface area contributed by atoms with E-state index >= 15 is 0 Å². The molecule has 0 amide bonds. The SMILES string of the molecule is CNc1nnc(-c2ccc(OC)cc2F)s1. The Hall–Kier alpha value is -1.69. The summed E-state index contributed by atoms with van der Waals surface area (Å²) in [4.78, 5) is 0. The summed E-state index contributed by atoms with van der Waals surface area (Å²) in [6, 6.07) is 4.66. The minimum absolute atomic E-state index is 0.363. The second-order valence-corrected chi connectivity index (χ2v) is 3.99. The van der Waals surface area contributed by atoms with Gasteiger partial charge in [-0.1, -0.05) is 11.3 Å². The van der Waals surface area contributed by atoms with E-state index in [-0.39, 0.29) is 5.82 Å². The average Bonchev–Trinajstić information content (AvgIpc) is 2.77. The summed E-state index contributed by atoms with van der Waals surface area (Å²) in [6.07, 6.45) is 0. The molecule has 1 aromatic heterocycles. The highest BCUT2D eigenvalue weighted by atomic mass is 32.1. The van der Waals surface area contributed by atoms with E-state index in [1.54, 1.807) is 19.2 Å². The van der Waals surface area contributed by atoms with Crippen LogP contribution < -0.4 is 10.1 Å². The highest BCUT2D eigenvalue weighted by Gasteiger charge is 2.11. The molecule has 0 saturated heterocycles. The number of anilines is 1. The second-order valence-electron chi connectivity index (χ2n) is 3.01. The fourth-order valence-electron chi connectivity index (χ4n) is 1.23. The van der Waals surface area contributed by atoms with Crippen molar-refractivity contribution in [3.63, 3.8) is 0 Å². The molecule has 6 heteroatoms. The van der Waals surface area contributed by atoms with Gasteiger partial charge in [0.15, 0.2) is 5.01 Å². The summed E-state index contributed by atoms with van der Waals surface area (Å²) in [5.41, 5.74) is 0.430. The number of rotatable bonds is 3. The van der Waals surface area contributed by atoms with Crippen LogP contribution in [0.4, 0.5) is 9.52 Å². The van der Waals surface area contributed by atoms with E-state index in [2.05, 4.69) is 15.5 Å². The largest absolute Gasteiger partial charge is 0.497 e. The lowest BCUT2D eigenvalue weighted by molar-refractivity contribution is 0.411. The van der Waals surface area contributed by atoms with Crippen molar-refractivity contribution < 1.29 is 9.13 Å². The lowest BCUT2D eigenvalue weighted by atomic mass is 10.2. The molecular weight excluding hydrogens is 229 g/mol. The van der Waals surface area contributed by atoms with Crippen LogP contribution in [0.15, 0.2) is 18.2 Å². The van der Waals surface area contributed by atoms with E-state index in [1.807, 2.05) is 0 Å². The van der Waals surface area contributed by atoms with Crippen molar-refractivity contribution in [2.24, 2.45) is 0 Å². The third-order valence-corrected chi connectivity index (χ3v) is 3.02. The number of hydrogen-bond donors (Lipinski definition) is 1. The predicted molar refractivity (Wildman–Crippen MR) is 61.4 cm³/mol. The first kappa shape index (κ1) is 10.8. The zero-order valence-electron chi connectivity index (χ0n) is 8.82. The predicted octanol–water partition coefficient (Wildman–Crippen LogP) is 2.39. The number of nitrogens with zero attached hydrogens (tertiary/aromatic N) is 2. The molecule has 0 bridgehead atoms. The summed E-state index contributed by atoms with van der Waals surface area (Å²) in [7, 11) is 3.24. The van der Waals surface area contributed by atoms with E-state index in [0.717, 1.165) is 0 Å². The maximum Gasteiger partial charge on any atom is 0.205 e. The molecule has 1 N–H and O–H groups in total. The minimum Gasteiger partial charge on any atom is -0.497 e. The van der Waals surface area contributed by atoms with Gasteiger partial charge in [0.2, 0.25) is 5.13 Å². The van der Waals surface area contributed by atoms with E-state index in [0.29, 0.717) is 21.5 Å². The van der Waals surface area contributed by atoms with Gasteiger partial charge in [0, 0.05) is 18.7 Å². The molecule has 1 aromatic carbocycles. The van der Waals surface area contributed by atoms with Crippen LogP contribution in [0.5, 0.6) is 5.75 Å². The molecule has 2 aromatic rings. The van der Waals surface area contributed by atoms with Crippen molar-refractivity contribution >= 4 is 16.5 Å².